The van der Waals surface area contributed by atoms with Crippen molar-refractivity contribution in [1.29, 1.82) is 0 Å². The number of hydrogen-bond acceptors (Lipinski definition) is 2. The molecule has 1 rings (SSSR count). The minimum Gasteiger partial charge on any atom is -0.507 e. The Morgan fingerprint density at radius 2 is 1.38 bits per heavy atom. The van der Waals surface area contributed by atoms with E-state index in [0.29, 0.717) is 5.75 Å². The van der Waals surface area contributed by atoms with Crippen molar-refractivity contribution in [2.45, 2.75) is 59.8 Å². The summed E-state index contributed by atoms with van der Waals surface area (Å²) in [6, 6.07) is 3.70. The maximum Gasteiger partial charge on any atom is 0.328 e. The molecule has 0 radical (unpaired) electrons. The number of carbonyl (C=O) groups is 1. The number of hydrogen-bond donors (Lipinski definition) is 2. The van der Waals surface area contributed by atoms with E-state index in [9.17, 15) is 9.90 Å². The van der Waals surface area contributed by atoms with Crippen molar-refractivity contribution in [1.82, 2.24) is 0 Å². The molecule has 0 fully saturated rings. The second kappa shape index (κ2) is 6.33. The van der Waals surface area contributed by atoms with Crippen LogP contribution >= 0.6 is 0 Å². The molecule has 0 aliphatic heterocycles. The minimum atomic E-state index is -0.979. The number of aliphatic carboxylic acids is 1. The highest BCUT2D eigenvalue weighted by molar-refractivity contribution is 5.85. The van der Waals surface area contributed by atoms with Gasteiger partial charge in [0, 0.05) is 17.2 Å². The van der Waals surface area contributed by atoms with Crippen LogP contribution in [0.3, 0.4) is 0 Å². The normalized spacial score (nSPS) is 12.3. The van der Waals surface area contributed by atoms with Gasteiger partial charge in [0.25, 0.3) is 0 Å². The lowest BCUT2D eigenvalue weighted by molar-refractivity contribution is -0.131. The van der Waals surface area contributed by atoms with Gasteiger partial charge in [0.1, 0.15) is 5.75 Å². The van der Waals surface area contributed by atoms with Crippen LogP contribution in [-0.2, 0) is 15.6 Å². The molecule has 0 aliphatic rings. The molecule has 0 atom stereocenters. The summed E-state index contributed by atoms with van der Waals surface area (Å²) < 4.78 is 0. The first-order valence-corrected chi connectivity index (χ1v) is 6.72. The van der Waals surface area contributed by atoms with Gasteiger partial charge >= 0.3 is 5.97 Å². The van der Waals surface area contributed by atoms with Gasteiger partial charge in [0.05, 0.1) is 0 Å². The summed E-state index contributed by atoms with van der Waals surface area (Å²) in [5, 5.41) is 19.3. The summed E-state index contributed by atoms with van der Waals surface area (Å²) in [5.74, 6) is -0.676. The zero-order valence-electron chi connectivity index (χ0n) is 13.1. The number of aromatic hydroxyl groups is 1. The molecule has 0 aromatic heterocycles. The van der Waals surface area contributed by atoms with E-state index in [2.05, 4.69) is 0 Å². The predicted octanol–water partition coefficient (Wildman–Crippen LogP) is 4.72. The van der Waals surface area contributed by atoms with Crippen molar-refractivity contribution >= 4 is 12.0 Å². The fourth-order valence-electron chi connectivity index (χ4n) is 2.06. The maximum atomic E-state index is 10.7. The van der Waals surface area contributed by atoms with Crippen LogP contribution in [0.15, 0.2) is 18.2 Å². The highest BCUT2D eigenvalue weighted by atomic mass is 16.4. The Morgan fingerprint density at radius 3 is 1.67 bits per heavy atom. The Hall–Kier alpha value is -1.77. The van der Waals surface area contributed by atoms with E-state index in [4.69, 9.17) is 5.11 Å². The Morgan fingerprint density at radius 1 is 1.00 bits per heavy atom. The van der Waals surface area contributed by atoms with Gasteiger partial charge in [-0.3, -0.25) is 0 Å². The smallest absolute Gasteiger partial charge is 0.328 e. The standard InChI is InChI=1S/C17H24O3.CH4/c1-16(2,3)12-9-11(7-8-14(18)19)10-13(15(12)20)17(4,5)6;/h7-10,20H,1-6H3,(H,18,19);1H4/b8-7+;. The fraction of sp³-hybridized carbons (Fsp3) is 0.500. The molecule has 2 N–H and O–H groups in total. The van der Waals surface area contributed by atoms with E-state index in [0.717, 1.165) is 22.8 Å². The number of phenolic OH excluding ortho intramolecular Hbond substituents is 1. The zero-order valence-corrected chi connectivity index (χ0v) is 13.1. The molecule has 0 spiro atoms. The maximum absolute atomic E-state index is 10.7. The Balaban J connectivity index is 0.00000400. The Bertz CT molecular complexity index is 506. The molecular weight excluding hydrogens is 264 g/mol. The summed E-state index contributed by atoms with van der Waals surface area (Å²) in [5.41, 5.74) is 2.03. The first-order chi connectivity index (χ1) is 8.93. The fourth-order valence-corrected chi connectivity index (χ4v) is 2.06. The van der Waals surface area contributed by atoms with E-state index in [1.165, 1.54) is 0 Å². The van der Waals surface area contributed by atoms with Crippen molar-refractivity contribution in [2.75, 3.05) is 0 Å². The van der Waals surface area contributed by atoms with Gasteiger partial charge in [-0.15, -0.1) is 0 Å². The quantitative estimate of drug-likeness (QED) is 0.775. The van der Waals surface area contributed by atoms with Crippen molar-refractivity contribution in [2.24, 2.45) is 0 Å². The molecule has 21 heavy (non-hydrogen) atoms. The lowest BCUT2D eigenvalue weighted by atomic mass is 9.78. The third-order valence-electron chi connectivity index (χ3n) is 3.17. The van der Waals surface area contributed by atoms with Crippen molar-refractivity contribution in [3.63, 3.8) is 0 Å². The van der Waals surface area contributed by atoms with Crippen molar-refractivity contribution < 1.29 is 15.0 Å². The largest absolute Gasteiger partial charge is 0.507 e. The number of benzene rings is 1. The molecular formula is C18H28O3. The van der Waals surface area contributed by atoms with Crippen LogP contribution in [0.2, 0.25) is 0 Å². The van der Waals surface area contributed by atoms with Crippen molar-refractivity contribution in [3.8, 4) is 5.75 Å². The van der Waals surface area contributed by atoms with Gasteiger partial charge in [-0.25, -0.2) is 4.79 Å². The number of carboxylic acid groups (broad SMARTS) is 1. The summed E-state index contributed by atoms with van der Waals surface area (Å²) in [7, 11) is 0. The third-order valence-corrected chi connectivity index (χ3v) is 3.17. The molecule has 0 saturated heterocycles. The van der Waals surface area contributed by atoms with Crippen molar-refractivity contribution in [3.05, 3.63) is 34.9 Å². The monoisotopic (exact) mass is 292 g/mol. The molecule has 0 saturated carbocycles. The Labute approximate surface area is 128 Å². The highest BCUT2D eigenvalue weighted by Gasteiger charge is 2.26. The Kier molecular flexibility index (Phi) is 5.80. The van der Waals surface area contributed by atoms with Crippen LogP contribution in [0.25, 0.3) is 6.08 Å². The van der Waals surface area contributed by atoms with Gasteiger partial charge in [0.2, 0.25) is 0 Å². The van der Waals surface area contributed by atoms with Gasteiger partial charge in [0.15, 0.2) is 0 Å². The second-order valence-corrected chi connectivity index (χ2v) is 7.14. The topological polar surface area (TPSA) is 57.5 Å². The van der Waals surface area contributed by atoms with Gasteiger partial charge in [-0.1, -0.05) is 49.0 Å². The van der Waals surface area contributed by atoms with Crippen LogP contribution in [0.4, 0.5) is 0 Å². The van der Waals surface area contributed by atoms with Crippen LogP contribution in [0.1, 0.15) is 65.7 Å². The average molecular weight is 292 g/mol. The predicted molar refractivity (Wildman–Crippen MR) is 88.9 cm³/mol. The van der Waals surface area contributed by atoms with E-state index in [1.54, 1.807) is 6.08 Å². The molecule has 0 heterocycles. The first-order valence-electron chi connectivity index (χ1n) is 6.72. The summed E-state index contributed by atoms with van der Waals surface area (Å²) in [4.78, 5) is 10.7. The van der Waals surface area contributed by atoms with Gasteiger partial charge < -0.3 is 10.2 Å². The molecule has 118 valence electrons. The van der Waals surface area contributed by atoms with Crippen LogP contribution in [-0.4, -0.2) is 16.2 Å². The summed E-state index contributed by atoms with van der Waals surface area (Å²) in [6.45, 7) is 12.2. The van der Waals surface area contributed by atoms with Gasteiger partial charge in [-0.05, 0) is 34.6 Å². The lowest BCUT2D eigenvalue weighted by Crippen LogP contribution is -2.17. The molecule has 3 nitrogen and oxygen atoms in total. The van der Waals surface area contributed by atoms with E-state index < -0.39 is 5.97 Å². The van der Waals surface area contributed by atoms with E-state index in [-0.39, 0.29) is 18.3 Å². The molecule has 0 aliphatic carbocycles. The average Bonchev–Trinajstić information content (AvgIpc) is 2.24. The number of carboxylic acids is 1. The van der Waals surface area contributed by atoms with Crippen LogP contribution in [0, 0.1) is 0 Å². The minimum absolute atomic E-state index is 0. The molecule has 0 unspecified atom stereocenters. The molecule has 1 aromatic rings. The molecule has 3 heteroatoms. The zero-order chi connectivity index (χ0) is 15.7. The first kappa shape index (κ1) is 19.2. The van der Waals surface area contributed by atoms with E-state index >= 15 is 0 Å². The SMILES string of the molecule is C.CC(C)(C)c1cc(/C=C/C(=O)O)cc(C(C)(C)C)c1O. The number of rotatable bonds is 2. The third kappa shape index (κ3) is 4.92. The molecule has 0 amide bonds. The van der Waals surface area contributed by atoms with Crippen LogP contribution < -0.4 is 0 Å². The molecule has 1 aromatic carbocycles. The summed E-state index contributed by atoms with van der Waals surface area (Å²) >= 11 is 0. The second-order valence-electron chi connectivity index (χ2n) is 7.14. The number of phenols is 1. The van der Waals surface area contributed by atoms with E-state index in [1.807, 2.05) is 53.7 Å². The highest BCUT2D eigenvalue weighted by Crippen LogP contribution is 2.39. The summed E-state index contributed by atoms with van der Waals surface area (Å²) in [6.07, 6.45) is 2.68. The molecule has 0 bridgehead atoms. The lowest BCUT2D eigenvalue weighted by Gasteiger charge is -2.27. The van der Waals surface area contributed by atoms with Crippen LogP contribution in [0.5, 0.6) is 5.75 Å². The van der Waals surface area contributed by atoms with Gasteiger partial charge in [-0.2, -0.15) is 0 Å².